The largest absolute Gasteiger partial charge is 0.465 e. The first-order chi connectivity index (χ1) is 18.4. The van der Waals surface area contributed by atoms with Gasteiger partial charge in [-0.05, 0) is 6.92 Å². The number of hydrogen-bond acceptors (Lipinski definition) is 4. The van der Waals surface area contributed by atoms with Gasteiger partial charge in [0.1, 0.15) is 6.54 Å². The van der Waals surface area contributed by atoms with Gasteiger partial charge in [-0.2, -0.15) is 96.5 Å². The van der Waals surface area contributed by atoms with Crippen molar-refractivity contribution in [2.45, 2.75) is 72.7 Å². The summed E-state index contributed by atoms with van der Waals surface area (Å²) >= 11 is 0. The van der Waals surface area contributed by atoms with Crippen molar-refractivity contribution in [1.29, 1.82) is 0 Å². The van der Waals surface area contributed by atoms with Crippen LogP contribution in [-0.2, 0) is 19.6 Å². The number of carbonyl (C=O) groups is 1. The normalized spacial score (nSPS) is 16.1. The van der Waals surface area contributed by atoms with Crippen molar-refractivity contribution >= 4 is 16.0 Å². The maximum absolute atomic E-state index is 14.2. The first-order valence-electron chi connectivity index (χ1n) is 10.0. The van der Waals surface area contributed by atoms with Crippen LogP contribution in [-0.4, -0.2) is 97.2 Å². The van der Waals surface area contributed by atoms with Crippen molar-refractivity contribution in [2.24, 2.45) is 0 Å². The third-order valence-electron chi connectivity index (χ3n) is 5.11. The fourth-order valence-corrected chi connectivity index (χ4v) is 3.98. The molecule has 0 aromatic heterocycles. The molecule has 0 N–H and O–H groups in total. The standard InChI is InChI=1S/C16H12F21NO4S/c1-3-38(5-6(39)42-4-2)43(40,41)16(36,37)14(31,32)12(27,28)10(23,24)8(19,20)7(17,18)9(21,22)11(25,26)13(29,30)15(33,34)35/h3-5H2,1-2H3. The predicted octanol–water partition coefficient (Wildman–Crippen LogP) is 6.44. The van der Waals surface area contributed by atoms with E-state index in [9.17, 15) is 105 Å². The summed E-state index contributed by atoms with van der Waals surface area (Å²) in [4.78, 5) is 11.3. The molecule has 0 rings (SSSR count). The molecule has 0 heterocycles. The molecule has 0 aromatic carbocycles. The van der Waals surface area contributed by atoms with Crippen LogP contribution in [0, 0.1) is 0 Å². The first-order valence-corrected chi connectivity index (χ1v) is 11.5. The van der Waals surface area contributed by atoms with Crippen LogP contribution >= 0.6 is 0 Å². The Morgan fingerprint density at radius 2 is 0.814 bits per heavy atom. The van der Waals surface area contributed by atoms with E-state index in [1.807, 2.05) is 0 Å². The van der Waals surface area contributed by atoms with Crippen LogP contribution in [0.25, 0.3) is 0 Å². The van der Waals surface area contributed by atoms with Crippen molar-refractivity contribution in [3.8, 4) is 0 Å². The lowest BCUT2D eigenvalue weighted by molar-refractivity contribution is -0.472. The molecule has 258 valence electrons. The van der Waals surface area contributed by atoms with Gasteiger partial charge in [0, 0.05) is 6.54 Å². The number of sulfonamides is 1. The van der Waals surface area contributed by atoms with Crippen molar-refractivity contribution in [1.82, 2.24) is 4.31 Å². The smallest absolute Gasteiger partial charge is 0.460 e. The summed E-state index contributed by atoms with van der Waals surface area (Å²) in [6.45, 7) is -3.20. The Hall–Kier alpha value is -2.09. The monoisotopic (exact) mass is 713 g/mol. The molecule has 5 nitrogen and oxygen atoms in total. The maximum atomic E-state index is 14.2. The Kier molecular flexibility index (Phi) is 10.5. The zero-order valence-electron chi connectivity index (χ0n) is 20.0. The number of ether oxygens (including phenoxy) is 1. The van der Waals surface area contributed by atoms with Crippen LogP contribution in [0.1, 0.15) is 13.8 Å². The Morgan fingerprint density at radius 3 is 1.07 bits per heavy atom. The van der Waals surface area contributed by atoms with Crippen LogP contribution in [0.2, 0.25) is 0 Å². The number of carbonyl (C=O) groups excluding carboxylic acids is 1. The molecule has 0 saturated heterocycles. The molecule has 27 heteroatoms. The molecule has 0 saturated carbocycles. The van der Waals surface area contributed by atoms with Gasteiger partial charge in [-0.15, -0.1) is 0 Å². The van der Waals surface area contributed by atoms with Crippen molar-refractivity contribution < 1.29 is 110 Å². The SMILES string of the molecule is CCOC(=O)CN(CC)S(=O)(=O)C(F)(F)C(F)(F)C(F)(F)C(F)(F)C(F)(F)C(F)(F)C(F)(F)C(F)(F)C(F)(F)C(F)(F)F. The number of likely N-dealkylation sites (N-methyl/N-ethyl adjacent to an activating group) is 1. The average Bonchev–Trinajstić information content (AvgIpc) is 2.80. The van der Waals surface area contributed by atoms with E-state index in [1.54, 1.807) is 0 Å². The van der Waals surface area contributed by atoms with Crippen molar-refractivity contribution in [2.75, 3.05) is 19.7 Å². The summed E-state index contributed by atoms with van der Waals surface area (Å²) < 4.78 is 308. The second-order valence-electron chi connectivity index (χ2n) is 7.85. The van der Waals surface area contributed by atoms with Gasteiger partial charge in [-0.3, -0.25) is 4.79 Å². The van der Waals surface area contributed by atoms with E-state index in [0.29, 0.717) is 6.92 Å². The van der Waals surface area contributed by atoms with E-state index in [-0.39, 0.29) is 0 Å². The molecule has 0 spiro atoms. The van der Waals surface area contributed by atoms with Crippen LogP contribution in [0.15, 0.2) is 0 Å². The second-order valence-corrected chi connectivity index (χ2v) is 9.83. The molecular weight excluding hydrogens is 701 g/mol. The summed E-state index contributed by atoms with van der Waals surface area (Å²) in [6.07, 6.45) is -8.10. The second kappa shape index (κ2) is 11.1. The molecule has 0 radical (unpaired) electrons. The van der Waals surface area contributed by atoms with Crippen molar-refractivity contribution in [3.63, 3.8) is 0 Å². The molecule has 0 aliphatic carbocycles. The summed E-state index contributed by atoms with van der Waals surface area (Å²) in [5.41, 5.74) is 0. The maximum Gasteiger partial charge on any atom is 0.460 e. The lowest BCUT2D eigenvalue weighted by atomic mass is 9.87. The molecule has 0 unspecified atom stereocenters. The molecule has 0 aromatic rings. The number of rotatable bonds is 14. The number of nitrogens with zero attached hydrogens (tertiary/aromatic N) is 1. The molecule has 43 heavy (non-hydrogen) atoms. The van der Waals surface area contributed by atoms with Gasteiger partial charge in [0.05, 0.1) is 6.61 Å². The fourth-order valence-electron chi connectivity index (χ4n) is 2.59. The molecule has 0 bridgehead atoms. The van der Waals surface area contributed by atoms with E-state index in [2.05, 4.69) is 4.74 Å². The highest BCUT2D eigenvalue weighted by molar-refractivity contribution is 7.90. The minimum absolute atomic E-state index is 0.353. The van der Waals surface area contributed by atoms with Gasteiger partial charge in [-0.25, -0.2) is 8.42 Å². The lowest BCUT2D eigenvalue weighted by Gasteiger charge is -2.44. The van der Waals surface area contributed by atoms with E-state index < -0.39 is 98.8 Å². The van der Waals surface area contributed by atoms with Crippen molar-refractivity contribution in [3.05, 3.63) is 0 Å². The van der Waals surface area contributed by atoms with Crippen LogP contribution in [0.5, 0.6) is 0 Å². The van der Waals surface area contributed by atoms with Crippen LogP contribution < -0.4 is 0 Å². The summed E-state index contributed by atoms with van der Waals surface area (Å²) in [6, 6.07) is 0. The third-order valence-corrected chi connectivity index (χ3v) is 7.08. The summed E-state index contributed by atoms with van der Waals surface area (Å²) in [5.74, 6) is -74.7. The van der Waals surface area contributed by atoms with Gasteiger partial charge in [-0.1, -0.05) is 6.92 Å². The zero-order chi connectivity index (χ0) is 35.5. The van der Waals surface area contributed by atoms with Gasteiger partial charge < -0.3 is 4.74 Å². The predicted molar refractivity (Wildman–Crippen MR) is 93.4 cm³/mol. The number of halogens is 21. The summed E-state index contributed by atoms with van der Waals surface area (Å²) in [7, 11) is -7.72. The molecule has 0 aliphatic rings. The van der Waals surface area contributed by atoms with E-state index in [0.717, 1.165) is 6.92 Å². The van der Waals surface area contributed by atoms with Crippen LogP contribution in [0.3, 0.4) is 0 Å². The minimum Gasteiger partial charge on any atom is -0.465 e. The minimum atomic E-state index is -9.41. The van der Waals surface area contributed by atoms with Gasteiger partial charge >= 0.3 is 64.8 Å². The molecule has 0 amide bonds. The zero-order valence-corrected chi connectivity index (χ0v) is 20.9. The molecule has 0 fully saturated rings. The van der Waals surface area contributed by atoms with E-state index in [4.69, 9.17) is 0 Å². The number of esters is 1. The Labute approximate surface area is 223 Å². The fraction of sp³-hybridized carbons (Fsp3) is 0.938. The highest BCUT2D eigenvalue weighted by atomic mass is 32.2. The first kappa shape index (κ1) is 40.9. The lowest BCUT2D eigenvalue weighted by Crippen LogP contribution is -2.77. The summed E-state index contributed by atoms with van der Waals surface area (Å²) in [5, 5.41) is -7.93. The highest BCUT2D eigenvalue weighted by Gasteiger charge is 2.98. The van der Waals surface area contributed by atoms with Gasteiger partial charge in [0.2, 0.25) is 0 Å². The topological polar surface area (TPSA) is 63.7 Å². The number of hydrogen-bond donors (Lipinski definition) is 0. The Bertz CT molecular complexity index is 1130. The quantitative estimate of drug-likeness (QED) is 0.154. The Morgan fingerprint density at radius 1 is 0.535 bits per heavy atom. The Balaban J connectivity index is 7.26. The third kappa shape index (κ3) is 5.42. The molecular formula is C16H12F21NO4S. The van der Waals surface area contributed by atoms with Gasteiger partial charge in [0.25, 0.3) is 10.0 Å². The van der Waals surface area contributed by atoms with E-state index in [1.165, 1.54) is 0 Å². The average molecular weight is 713 g/mol. The number of alkyl halides is 21. The molecule has 0 aliphatic heterocycles. The van der Waals surface area contributed by atoms with E-state index >= 15 is 0 Å². The highest BCUT2D eigenvalue weighted by Crippen LogP contribution is 2.66. The molecule has 0 atom stereocenters. The van der Waals surface area contributed by atoms with Crippen LogP contribution in [0.4, 0.5) is 92.2 Å². The van der Waals surface area contributed by atoms with Gasteiger partial charge in [0.15, 0.2) is 0 Å².